The number of benzene rings is 1. The zero-order chi connectivity index (χ0) is 12.3. The van der Waals surface area contributed by atoms with Gasteiger partial charge < -0.3 is 10.8 Å². The first kappa shape index (κ1) is 12.6. The summed E-state index contributed by atoms with van der Waals surface area (Å²) in [6.45, 7) is 3.16. The first-order valence-electron chi connectivity index (χ1n) is 5.13. The van der Waals surface area contributed by atoms with Gasteiger partial charge in [0, 0.05) is 11.8 Å². The quantitative estimate of drug-likeness (QED) is 0.812. The van der Waals surface area contributed by atoms with Crippen LogP contribution in [0.5, 0.6) is 0 Å². The van der Waals surface area contributed by atoms with Crippen molar-refractivity contribution in [2.75, 3.05) is 6.61 Å². The van der Waals surface area contributed by atoms with Crippen LogP contribution in [0.25, 0.3) is 0 Å². The molecule has 0 radical (unpaired) electrons. The molecule has 0 aromatic heterocycles. The molecule has 1 rings (SSSR count). The number of hydrogen-bond acceptors (Lipinski definition) is 2. The number of primary amides is 1. The topological polar surface area (TPSA) is 63.3 Å². The third-order valence-corrected chi connectivity index (χ3v) is 2.74. The fraction of sp³-hybridized carbons (Fsp3) is 0.417. The van der Waals surface area contributed by atoms with Gasteiger partial charge in [-0.25, -0.2) is 4.39 Å². The van der Waals surface area contributed by atoms with Crippen LogP contribution in [0.1, 0.15) is 24.0 Å². The van der Waals surface area contributed by atoms with E-state index in [1.807, 2.05) is 0 Å². The normalized spacial score (nSPS) is 14.5. The van der Waals surface area contributed by atoms with E-state index in [9.17, 15) is 14.3 Å². The maximum atomic E-state index is 13.2. The molecule has 1 amide bonds. The minimum absolute atomic E-state index is 0.229. The maximum absolute atomic E-state index is 13.2. The minimum Gasteiger partial charge on any atom is -0.396 e. The first-order valence-corrected chi connectivity index (χ1v) is 5.13. The third kappa shape index (κ3) is 2.79. The van der Waals surface area contributed by atoms with Crippen molar-refractivity contribution in [2.24, 2.45) is 11.7 Å². The van der Waals surface area contributed by atoms with Gasteiger partial charge in [-0.05, 0) is 30.2 Å². The number of aliphatic hydroxyl groups excluding tert-OH is 1. The number of rotatable bonds is 4. The average Bonchev–Trinajstić information content (AvgIpc) is 2.16. The summed E-state index contributed by atoms with van der Waals surface area (Å²) in [4.78, 5) is 11.1. The van der Waals surface area contributed by atoms with Gasteiger partial charge in [0.1, 0.15) is 5.82 Å². The van der Waals surface area contributed by atoms with Crippen molar-refractivity contribution in [3.05, 3.63) is 35.1 Å². The molecule has 0 spiro atoms. The lowest BCUT2D eigenvalue weighted by atomic mass is 9.87. The van der Waals surface area contributed by atoms with E-state index in [1.165, 1.54) is 12.1 Å². The lowest BCUT2D eigenvalue weighted by Gasteiger charge is -2.20. The Labute approximate surface area is 94.1 Å². The van der Waals surface area contributed by atoms with Crippen LogP contribution >= 0.6 is 0 Å². The molecule has 3 nitrogen and oxygen atoms in total. The third-order valence-electron chi connectivity index (χ3n) is 2.74. The number of carbonyl (C=O) groups excluding carboxylic acids is 1. The molecule has 16 heavy (non-hydrogen) atoms. The van der Waals surface area contributed by atoms with Crippen molar-refractivity contribution >= 4 is 5.91 Å². The fourth-order valence-corrected chi connectivity index (χ4v) is 1.73. The number of aryl methyl sites for hydroxylation is 1. The van der Waals surface area contributed by atoms with Crippen LogP contribution in [0.2, 0.25) is 0 Å². The van der Waals surface area contributed by atoms with Crippen LogP contribution in [0.15, 0.2) is 18.2 Å². The molecule has 0 aliphatic heterocycles. The predicted molar refractivity (Wildman–Crippen MR) is 59.3 cm³/mol. The van der Waals surface area contributed by atoms with E-state index in [1.54, 1.807) is 19.9 Å². The summed E-state index contributed by atoms with van der Waals surface area (Å²) in [6.07, 6.45) is 0. The van der Waals surface area contributed by atoms with Crippen LogP contribution in [0.4, 0.5) is 4.39 Å². The smallest absolute Gasteiger partial charge is 0.220 e. The Kier molecular flexibility index (Phi) is 4.01. The molecule has 3 N–H and O–H groups in total. The van der Waals surface area contributed by atoms with Gasteiger partial charge in [0.2, 0.25) is 5.91 Å². The molecular weight excluding hydrogens is 209 g/mol. The molecule has 0 saturated carbocycles. The Hall–Kier alpha value is -1.42. The van der Waals surface area contributed by atoms with Crippen molar-refractivity contribution in [3.63, 3.8) is 0 Å². The van der Waals surface area contributed by atoms with Gasteiger partial charge in [-0.15, -0.1) is 0 Å². The number of carbonyl (C=O) groups is 1. The molecule has 0 aliphatic carbocycles. The number of nitrogens with two attached hydrogens (primary N) is 1. The Morgan fingerprint density at radius 3 is 2.56 bits per heavy atom. The van der Waals surface area contributed by atoms with Gasteiger partial charge in [0.25, 0.3) is 0 Å². The van der Waals surface area contributed by atoms with Gasteiger partial charge in [-0.2, -0.15) is 0 Å². The predicted octanol–water partition coefficient (Wildman–Crippen LogP) is 1.33. The van der Waals surface area contributed by atoms with Gasteiger partial charge in [0.05, 0.1) is 6.61 Å². The summed E-state index contributed by atoms with van der Waals surface area (Å²) in [6, 6.07) is 4.48. The highest BCUT2D eigenvalue weighted by atomic mass is 19.1. The molecular formula is C12H16FNO2. The molecule has 1 aromatic carbocycles. The molecule has 0 heterocycles. The van der Waals surface area contributed by atoms with Crippen molar-refractivity contribution in [1.82, 2.24) is 0 Å². The van der Waals surface area contributed by atoms with E-state index < -0.39 is 17.7 Å². The summed E-state index contributed by atoms with van der Waals surface area (Å²) in [5.41, 5.74) is 6.54. The second-order valence-corrected chi connectivity index (χ2v) is 4.04. The zero-order valence-electron chi connectivity index (χ0n) is 9.40. The highest BCUT2D eigenvalue weighted by molar-refractivity contribution is 5.77. The largest absolute Gasteiger partial charge is 0.396 e. The van der Waals surface area contributed by atoms with Gasteiger partial charge in [0.15, 0.2) is 0 Å². The molecule has 2 atom stereocenters. The SMILES string of the molecule is Cc1cc(F)cc([C@@H](CO)C(C)C(N)=O)c1. The van der Waals surface area contributed by atoms with Crippen molar-refractivity contribution in [1.29, 1.82) is 0 Å². The van der Waals surface area contributed by atoms with Gasteiger partial charge >= 0.3 is 0 Å². The monoisotopic (exact) mass is 225 g/mol. The summed E-state index contributed by atoms with van der Waals surface area (Å²) in [7, 11) is 0. The highest BCUT2D eigenvalue weighted by Crippen LogP contribution is 2.25. The number of aliphatic hydroxyl groups is 1. The Bertz CT molecular complexity index is 372. The van der Waals surface area contributed by atoms with Crippen LogP contribution in [0, 0.1) is 18.7 Å². The standard InChI is InChI=1S/C12H16FNO2/c1-7-3-9(5-10(13)4-7)11(6-15)8(2)12(14)16/h3-5,8,11,15H,6H2,1-2H3,(H2,14,16)/t8?,11-/m0/s1. The van der Waals surface area contributed by atoms with E-state index in [-0.39, 0.29) is 12.4 Å². The Morgan fingerprint density at radius 2 is 2.12 bits per heavy atom. The van der Waals surface area contributed by atoms with Crippen molar-refractivity contribution < 1.29 is 14.3 Å². The molecule has 0 aliphatic rings. The molecule has 0 saturated heterocycles. The van der Waals surface area contributed by atoms with Crippen LogP contribution in [-0.2, 0) is 4.79 Å². The Balaban J connectivity index is 3.08. The molecule has 1 aromatic rings. The van der Waals surface area contributed by atoms with E-state index in [2.05, 4.69) is 0 Å². The van der Waals surface area contributed by atoms with Crippen molar-refractivity contribution in [2.45, 2.75) is 19.8 Å². The van der Waals surface area contributed by atoms with Crippen LogP contribution in [0.3, 0.4) is 0 Å². The molecule has 0 fully saturated rings. The molecule has 1 unspecified atom stereocenters. The van der Waals surface area contributed by atoms with Crippen molar-refractivity contribution in [3.8, 4) is 0 Å². The molecule has 0 bridgehead atoms. The average molecular weight is 225 g/mol. The van der Waals surface area contributed by atoms with Crippen LogP contribution < -0.4 is 5.73 Å². The first-order chi connectivity index (χ1) is 7.45. The lowest BCUT2D eigenvalue weighted by molar-refractivity contribution is -0.122. The van der Waals surface area contributed by atoms with E-state index in [0.29, 0.717) is 5.56 Å². The second kappa shape index (κ2) is 5.07. The summed E-state index contributed by atoms with van der Waals surface area (Å²) in [5, 5.41) is 9.25. The zero-order valence-corrected chi connectivity index (χ0v) is 9.40. The number of hydrogen-bond donors (Lipinski definition) is 2. The Morgan fingerprint density at radius 1 is 1.50 bits per heavy atom. The number of halogens is 1. The summed E-state index contributed by atoms with van der Waals surface area (Å²) >= 11 is 0. The second-order valence-electron chi connectivity index (χ2n) is 4.04. The van der Waals surface area contributed by atoms with Gasteiger partial charge in [-0.1, -0.05) is 13.0 Å². The number of amides is 1. The maximum Gasteiger partial charge on any atom is 0.220 e. The fourth-order valence-electron chi connectivity index (χ4n) is 1.73. The molecule has 4 heteroatoms. The summed E-state index contributed by atoms with van der Waals surface area (Å²) in [5.74, 6) is -1.84. The van der Waals surface area contributed by atoms with E-state index in [0.717, 1.165) is 5.56 Å². The molecule has 88 valence electrons. The van der Waals surface area contributed by atoms with E-state index in [4.69, 9.17) is 5.73 Å². The van der Waals surface area contributed by atoms with E-state index >= 15 is 0 Å². The highest BCUT2D eigenvalue weighted by Gasteiger charge is 2.23. The van der Waals surface area contributed by atoms with Gasteiger partial charge in [-0.3, -0.25) is 4.79 Å². The minimum atomic E-state index is -0.522. The lowest BCUT2D eigenvalue weighted by Crippen LogP contribution is -2.28. The van der Waals surface area contributed by atoms with Crippen LogP contribution in [-0.4, -0.2) is 17.6 Å². The summed E-state index contributed by atoms with van der Waals surface area (Å²) < 4.78 is 13.2.